The Balaban J connectivity index is 1.22. The van der Waals surface area contributed by atoms with Gasteiger partial charge in [-0.15, -0.1) is 5.10 Å². The second-order valence-electron chi connectivity index (χ2n) is 8.12. The Morgan fingerprint density at radius 1 is 1.16 bits per heavy atom. The van der Waals surface area contributed by atoms with Gasteiger partial charge in [0.15, 0.2) is 6.61 Å². The number of aliphatic hydroxyl groups is 2. The Kier molecular flexibility index (Phi) is 4.91. The predicted octanol–water partition coefficient (Wildman–Crippen LogP) is 0.636. The van der Waals surface area contributed by atoms with Crippen LogP contribution in [0.2, 0.25) is 0 Å². The van der Waals surface area contributed by atoms with Gasteiger partial charge in [0.25, 0.3) is 5.91 Å². The Hall–Kier alpha value is -3.30. The molecule has 0 bridgehead atoms. The van der Waals surface area contributed by atoms with Crippen molar-refractivity contribution in [3.8, 4) is 11.4 Å². The summed E-state index contributed by atoms with van der Waals surface area (Å²) in [4.78, 5) is 14.4. The van der Waals surface area contributed by atoms with Gasteiger partial charge in [-0.25, -0.2) is 4.68 Å². The molecule has 1 saturated carbocycles. The van der Waals surface area contributed by atoms with Crippen LogP contribution >= 0.6 is 0 Å². The summed E-state index contributed by atoms with van der Waals surface area (Å²) in [7, 11) is 0. The van der Waals surface area contributed by atoms with Crippen LogP contribution in [0.3, 0.4) is 0 Å². The number of aromatic nitrogens is 4. The van der Waals surface area contributed by atoms with E-state index in [4.69, 9.17) is 4.74 Å². The van der Waals surface area contributed by atoms with Crippen molar-refractivity contribution in [3.63, 3.8) is 0 Å². The number of nitrogens with zero attached hydrogens (tertiary/aromatic N) is 5. The third kappa shape index (κ3) is 3.35. The van der Waals surface area contributed by atoms with Crippen LogP contribution in [0.1, 0.15) is 11.5 Å². The highest BCUT2D eigenvalue weighted by Crippen LogP contribution is 2.68. The van der Waals surface area contributed by atoms with Crippen molar-refractivity contribution in [2.24, 2.45) is 11.3 Å². The van der Waals surface area contributed by atoms with E-state index in [-0.39, 0.29) is 37.5 Å². The first-order valence-corrected chi connectivity index (χ1v) is 10.2. The summed E-state index contributed by atoms with van der Waals surface area (Å²) in [6.45, 7) is 0.537. The number of likely N-dealkylation sites (tertiary alicyclic amines) is 1. The van der Waals surface area contributed by atoms with Gasteiger partial charge in [0.1, 0.15) is 12.1 Å². The quantitative estimate of drug-likeness (QED) is 0.600. The molecule has 2 aliphatic rings. The van der Waals surface area contributed by atoms with Crippen LogP contribution in [-0.2, 0) is 4.79 Å². The topological polar surface area (TPSA) is 114 Å². The smallest absolute Gasteiger partial charge is 0.260 e. The number of benzene rings is 2. The molecule has 1 aliphatic heterocycles. The first-order valence-electron chi connectivity index (χ1n) is 10.2. The Labute approximate surface area is 178 Å². The number of rotatable bonds is 6. The SMILES string of the molecule is O=C(COc1ccc(-n2cnnn2)cc1)N1C[C@@H](O)[C@@]2(C1)[C@H](CO)[C@H]2c1ccccc1. The van der Waals surface area contributed by atoms with Gasteiger partial charge in [-0.05, 0) is 52.1 Å². The third-order valence-corrected chi connectivity index (χ3v) is 6.56. The van der Waals surface area contributed by atoms with Crippen LogP contribution in [0.5, 0.6) is 5.75 Å². The normalized spacial score (nSPS) is 26.9. The largest absolute Gasteiger partial charge is 0.484 e. The van der Waals surface area contributed by atoms with Crippen LogP contribution in [0.15, 0.2) is 60.9 Å². The van der Waals surface area contributed by atoms with E-state index in [0.717, 1.165) is 11.3 Å². The summed E-state index contributed by atoms with van der Waals surface area (Å²) in [5, 5.41) is 31.7. The van der Waals surface area contributed by atoms with Crippen molar-refractivity contribution in [2.75, 3.05) is 26.3 Å². The molecule has 2 heterocycles. The van der Waals surface area contributed by atoms with E-state index in [2.05, 4.69) is 15.5 Å². The lowest BCUT2D eigenvalue weighted by Gasteiger charge is -2.17. The average Bonchev–Trinajstić information content (AvgIpc) is 3.10. The second kappa shape index (κ2) is 7.75. The molecule has 2 fully saturated rings. The number of carbonyl (C=O) groups is 1. The van der Waals surface area contributed by atoms with Gasteiger partial charge in [0, 0.05) is 25.1 Å². The highest BCUT2D eigenvalue weighted by atomic mass is 16.5. The first kappa shape index (κ1) is 19.7. The molecule has 3 aromatic rings. The lowest BCUT2D eigenvalue weighted by molar-refractivity contribution is -0.132. The number of hydrogen-bond acceptors (Lipinski definition) is 7. The third-order valence-electron chi connectivity index (χ3n) is 6.56. The van der Waals surface area contributed by atoms with Gasteiger partial charge in [-0.2, -0.15) is 0 Å². The van der Waals surface area contributed by atoms with E-state index >= 15 is 0 Å². The van der Waals surface area contributed by atoms with Crippen molar-refractivity contribution in [2.45, 2.75) is 12.0 Å². The fourth-order valence-electron chi connectivity index (χ4n) is 4.97. The average molecular weight is 421 g/mol. The fraction of sp³-hybridized carbons (Fsp3) is 0.364. The van der Waals surface area contributed by atoms with Crippen LogP contribution in [0.4, 0.5) is 0 Å². The number of carbonyl (C=O) groups excluding carboxylic acids is 1. The lowest BCUT2D eigenvalue weighted by atomic mass is 9.95. The van der Waals surface area contributed by atoms with Gasteiger partial charge in [0.05, 0.1) is 11.8 Å². The Morgan fingerprint density at radius 2 is 1.94 bits per heavy atom. The maximum atomic E-state index is 12.8. The van der Waals surface area contributed by atoms with Crippen molar-refractivity contribution >= 4 is 5.91 Å². The zero-order valence-electron chi connectivity index (χ0n) is 16.8. The maximum absolute atomic E-state index is 12.8. The van der Waals surface area contributed by atoms with Crippen molar-refractivity contribution in [1.29, 1.82) is 0 Å². The molecule has 0 unspecified atom stereocenters. The molecule has 2 aromatic carbocycles. The number of aliphatic hydroxyl groups excluding tert-OH is 2. The second-order valence-corrected chi connectivity index (χ2v) is 8.12. The van der Waals surface area contributed by atoms with Gasteiger partial charge in [-0.3, -0.25) is 4.79 Å². The van der Waals surface area contributed by atoms with Crippen molar-refractivity contribution in [1.82, 2.24) is 25.1 Å². The van der Waals surface area contributed by atoms with Crippen LogP contribution in [-0.4, -0.2) is 73.6 Å². The highest BCUT2D eigenvalue weighted by molar-refractivity contribution is 5.78. The monoisotopic (exact) mass is 421 g/mol. The fourth-order valence-corrected chi connectivity index (χ4v) is 4.97. The zero-order chi connectivity index (χ0) is 21.4. The standard InChI is InChI=1S/C22H23N5O4/c28-11-18-21(15-4-2-1-3-5-15)22(18)13-26(10-19(22)29)20(30)12-31-17-8-6-16(7-9-17)27-14-23-24-25-27/h1-9,14,18-19,21,28-29H,10-13H2/t18-,19-,21-,22-/m1/s1. The number of amides is 1. The molecule has 1 aliphatic carbocycles. The number of ether oxygens (including phenoxy) is 1. The van der Waals surface area contributed by atoms with Gasteiger partial charge in [0.2, 0.25) is 0 Å². The van der Waals surface area contributed by atoms with E-state index in [1.54, 1.807) is 29.2 Å². The van der Waals surface area contributed by atoms with Crippen molar-refractivity contribution < 1.29 is 19.7 Å². The molecule has 1 spiro atoms. The number of hydrogen-bond donors (Lipinski definition) is 2. The Morgan fingerprint density at radius 3 is 2.61 bits per heavy atom. The molecule has 160 valence electrons. The summed E-state index contributed by atoms with van der Waals surface area (Å²) in [5.74, 6) is 0.367. The molecule has 9 heteroatoms. The molecule has 0 radical (unpaired) electrons. The van der Waals surface area contributed by atoms with E-state index in [1.807, 2.05) is 30.3 Å². The maximum Gasteiger partial charge on any atom is 0.260 e. The lowest BCUT2D eigenvalue weighted by Crippen LogP contribution is -2.34. The van der Waals surface area contributed by atoms with E-state index in [9.17, 15) is 15.0 Å². The minimum atomic E-state index is -0.672. The number of β-amino-alcohol motifs (C(OH)–C–C–N with tert-alkyl or cyclic N) is 1. The van der Waals surface area contributed by atoms with Crippen LogP contribution in [0.25, 0.3) is 5.69 Å². The molecule has 4 atom stereocenters. The van der Waals surface area contributed by atoms with Crippen LogP contribution in [0, 0.1) is 11.3 Å². The molecule has 9 nitrogen and oxygen atoms in total. The van der Waals surface area contributed by atoms with Gasteiger partial charge >= 0.3 is 0 Å². The summed E-state index contributed by atoms with van der Waals surface area (Å²) >= 11 is 0. The number of tetrazole rings is 1. The van der Waals surface area contributed by atoms with Crippen molar-refractivity contribution in [3.05, 3.63) is 66.5 Å². The van der Waals surface area contributed by atoms with E-state index in [0.29, 0.717) is 12.3 Å². The first-order chi connectivity index (χ1) is 15.1. The summed E-state index contributed by atoms with van der Waals surface area (Å²) in [5.41, 5.74) is 1.39. The predicted molar refractivity (Wildman–Crippen MR) is 109 cm³/mol. The van der Waals surface area contributed by atoms with E-state index < -0.39 is 11.5 Å². The van der Waals surface area contributed by atoms with Gasteiger partial charge < -0.3 is 19.8 Å². The molecule has 5 rings (SSSR count). The molecule has 31 heavy (non-hydrogen) atoms. The van der Waals surface area contributed by atoms with Gasteiger partial charge in [-0.1, -0.05) is 30.3 Å². The molecule has 1 amide bonds. The molecule has 2 N–H and O–H groups in total. The summed E-state index contributed by atoms with van der Waals surface area (Å²) in [6, 6.07) is 17.0. The molecule has 1 aromatic heterocycles. The highest BCUT2D eigenvalue weighted by Gasteiger charge is 2.71. The molecular formula is C22H23N5O4. The summed E-state index contributed by atoms with van der Waals surface area (Å²) < 4.78 is 7.18. The van der Waals surface area contributed by atoms with Crippen LogP contribution < -0.4 is 4.74 Å². The summed E-state index contributed by atoms with van der Waals surface area (Å²) in [6.07, 6.45) is 0.822. The Bertz CT molecular complexity index is 1040. The minimum absolute atomic E-state index is 0.0111. The minimum Gasteiger partial charge on any atom is -0.484 e. The zero-order valence-corrected chi connectivity index (χ0v) is 16.8. The molecule has 1 saturated heterocycles. The van der Waals surface area contributed by atoms with E-state index in [1.165, 1.54) is 11.0 Å². The molecular weight excluding hydrogens is 398 g/mol.